The summed E-state index contributed by atoms with van der Waals surface area (Å²) < 4.78 is 0. The molecule has 2 heterocycles. The zero-order valence-corrected chi connectivity index (χ0v) is 21.7. The van der Waals surface area contributed by atoms with Gasteiger partial charge in [-0.15, -0.1) is 0 Å². The number of para-hydroxylation sites is 1. The number of carboxylic acids is 1. The zero-order valence-electron chi connectivity index (χ0n) is 21.7. The van der Waals surface area contributed by atoms with Crippen molar-refractivity contribution in [3.63, 3.8) is 0 Å². The standard InChI is InChI=1S/C25H34N10O5/c26-17(5-3-7-30-25(27)28)22(37)32-12-21(36)34-19(9-15-11-29-13-33-15)23(38)35-20(24(39)40)8-14-10-31-18-6-2-1-4-16(14)18/h1-2,4,6,10-11,13,17,19-20,31H,3,5,7-9,12,26H2,(H,29,33)(H,32,37)(H,34,36)(H,35,38)(H,39,40)(H4,27,28,30). The second-order valence-electron chi connectivity index (χ2n) is 9.14. The van der Waals surface area contributed by atoms with Crippen molar-refractivity contribution in [1.82, 2.24) is 30.9 Å². The van der Waals surface area contributed by atoms with Gasteiger partial charge in [0.05, 0.1) is 18.9 Å². The summed E-state index contributed by atoms with van der Waals surface area (Å²) in [5.74, 6) is -3.22. The van der Waals surface area contributed by atoms with Crippen LogP contribution >= 0.6 is 0 Å². The van der Waals surface area contributed by atoms with E-state index in [2.05, 4.69) is 35.9 Å². The molecule has 3 aromatic rings. The van der Waals surface area contributed by atoms with Gasteiger partial charge < -0.3 is 48.2 Å². The number of hydrogen-bond donors (Lipinski definition) is 9. The van der Waals surface area contributed by atoms with Gasteiger partial charge in [0.2, 0.25) is 17.7 Å². The van der Waals surface area contributed by atoms with Crippen LogP contribution in [0.25, 0.3) is 10.9 Å². The molecule has 3 rings (SSSR count). The van der Waals surface area contributed by atoms with Crippen LogP contribution in [0.3, 0.4) is 0 Å². The number of aromatic amines is 2. The molecule has 0 aliphatic carbocycles. The molecule has 3 amide bonds. The van der Waals surface area contributed by atoms with Crippen molar-refractivity contribution in [1.29, 1.82) is 0 Å². The van der Waals surface area contributed by atoms with Gasteiger partial charge in [0.15, 0.2) is 5.96 Å². The Hall–Kier alpha value is -4.92. The number of amides is 3. The molecule has 40 heavy (non-hydrogen) atoms. The molecule has 0 aliphatic heterocycles. The summed E-state index contributed by atoms with van der Waals surface area (Å²) in [6.07, 6.45) is 5.39. The van der Waals surface area contributed by atoms with Crippen molar-refractivity contribution < 1.29 is 24.3 Å². The van der Waals surface area contributed by atoms with Crippen LogP contribution in [0.2, 0.25) is 0 Å². The molecule has 0 fully saturated rings. The fourth-order valence-corrected chi connectivity index (χ4v) is 4.01. The molecule has 0 saturated carbocycles. The molecule has 1 aromatic carbocycles. The van der Waals surface area contributed by atoms with E-state index in [1.807, 2.05) is 24.3 Å². The number of aliphatic imine (C=N–C) groups is 1. The fraction of sp³-hybridized carbons (Fsp3) is 0.360. The minimum Gasteiger partial charge on any atom is -0.480 e. The van der Waals surface area contributed by atoms with Crippen LogP contribution in [-0.2, 0) is 32.0 Å². The van der Waals surface area contributed by atoms with Crippen LogP contribution in [0.15, 0.2) is 48.0 Å². The number of carbonyl (C=O) groups excluding carboxylic acids is 3. The normalized spacial score (nSPS) is 13.1. The molecule has 2 aromatic heterocycles. The maximum absolute atomic E-state index is 13.2. The van der Waals surface area contributed by atoms with E-state index in [4.69, 9.17) is 17.2 Å². The van der Waals surface area contributed by atoms with Gasteiger partial charge >= 0.3 is 5.97 Å². The molecule has 214 valence electrons. The van der Waals surface area contributed by atoms with Gasteiger partial charge in [0.25, 0.3) is 0 Å². The number of carbonyl (C=O) groups is 4. The lowest BCUT2D eigenvalue weighted by molar-refractivity contribution is -0.142. The highest BCUT2D eigenvalue weighted by Crippen LogP contribution is 2.19. The number of nitrogens with zero attached hydrogens (tertiary/aromatic N) is 2. The van der Waals surface area contributed by atoms with Crippen LogP contribution < -0.4 is 33.2 Å². The summed E-state index contributed by atoms with van der Waals surface area (Å²) in [7, 11) is 0. The van der Waals surface area contributed by atoms with Crippen LogP contribution in [0, 0.1) is 0 Å². The largest absolute Gasteiger partial charge is 0.480 e. The number of aliphatic carboxylic acids is 1. The summed E-state index contributed by atoms with van der Waals surface area (Å²) in [6.45, 7) is -0.128. The average Bonchev–Trinajstić information content (AvgIpc) is 3.58. The minimum absolute atomic E-state index is 0.00918. The highest BCUT2D eigenvalue weighted by molar-refractivity contribution is 5.93. The molecule has 0 aliphatic rings. The number of aromatic nitrogens is 3. The molecule has 0 bridgehead atoms. The van der Waals surface area contributed by atoms with Crippen LogP contribution in [0.4, 0.5) is 0 Å². The van der Waals surface area contributed by atoms with E-state index in [0.717, 1.165) is 16.5 Å². The lowest BCUT2D eigenvalue weighted by Crippen LogP contribution is -2.55. The quantitative estimate of drug-likeness (QED) is 0.0584. The fourth-order valence-electron chi connectivity index (χ4n) is 4.01. The Morgan fingerprint density at radius 2 is 1.80 bits per heavy atom. The van der Waals surface area contributed by atoms with Crippen molar-refractivity contribution in [2.75, 3.05) is 13.1 Å². The first-order valence-electron chi connectivity index (χ1n) is 12.6. The monoisotopic (exact) mass is 554 g/mol. The molecule has 3 atom stereocenters. The summed E-state index contributed by atoms with van der Waals surface area (Å²) in [5.41, 5.74) is 18.4. The number of hydrogen-bond acceptors (Lipinski definition) is 7. The second kappa shape index (κ2) is 14.3. The van der Waals surface area contributed by atoms with Gasteiger partial charge in [-0.1, -0.05) is 18.2 Å². The van der Waals surface area contributed by atoms with Crippen molar-refractivity contribution in [2.45, 2.75) is 43.8 Å². The van der Waals surface area contributed by atoms with E-state index < -0.39 is 48.4 Å². The van der Waals surface area contributed by atoms with Crippen LogP contribution in [0.1, 0.15) is 24.1 Å². The third-order valence-corrected chi connectivity index (χ3v) is 6.07. The molecule has 15 nitrogen and oxygen atoms in total. The predicted molar refractivity (Wildman–Crippen MR) is 147 cm³/mol. The van der Waals surface area contributed by atoms with Gasteiger partial charge in [-0.2, -0.15) is 0 Å². The van der Waals surface area contributed by atoms with Crippen molar-refractivity contribution in [3.8, 4) is 0 Å². The second-order valence-corrected chi connectivity index (χ2v) is 9.14. The van der Waals surface area contributed by atoms with E-state index in [1.165, 1.54) is 12.5 Å². The highest BCUT2D eigenvalue weighted by atomic mass is 16.4. The lowest BCUT2D eigenvalue weighted by Gasteiger charge is -2.21. The highest BCUT2D eigenvalue weighted by Gasteiger charge is 2.28. The van der Waals surface area contributed by atoms with Gasteiger partial charge in [-0.05, 0) is 24.5 Å². The van der Waals surface area contributed by atoms with Gasteiger partial charge in [-0.3, -0.25) is 19.4 Å². The van der Waals surface area contributed by atoms with E-state index >= 15 is 0 Å². The first kappa shape index (κ1) is 29.6. The van der Waals surface area contributed by atoms with Crippen molar-refractivity contribution >= 4 is 40.6 Å². The van der Waals surface area contributed by atoms with Gasteiger partial charge in [0.1, 0.15) is 12.1 Å². The third kappa shape index (κ3) is 8.83. The first-order valence-corrected chi connectivity index (χ1v) is 12.6. The molecule has 15 heteroatoms. The summed E-state index contributed by atoms with van der Waals surface area (Å²) >= 11 is 0. The number of benzene rings is 1. The molecule has 0 spiro atoms. The lowest BCUT2D eigenvalue weighted by atomic mass is 10.0. The minimum atomic E-state index is -1.26. The zero-order chi connectivity index (χ0) is 29.1. The number of guanidine groups is 1. The third-order valence-electron chi connectivity index (χ3n) is 6.07. The topological polar surface area (TPSA) is 259 Å². The number of nitrogens with two attached hydrogens (primary N) is 3. The van der Waals surface area contributed by atoms with E-state index in [1.54, 1.807) is 6.20 Å². The Morgan fingerprint density at radius 3 is 2.50 bits per heavy atom. The number of H-pyrrole nitrogens is 2. The molecular formula is C25H34N10O5. The summed E-state index contributed by atoms with van der Waals surface area (Å²) in [6, 6.07) is 4.11. The maximum Gasteiger partial charge on any atom is 0.326 e. The Labute approximate surface area is 229 Å². The summed E-state index contributed by atoms with van der Waals surface area (Å²) in [4.78, 5) is 63.7. The van der Waals surface area contributed by atoms with E-state index in [-0.39, 0.29) is 18.8 Å². The van der Waals surface area contributed by atoms with Gasteiger partial charge in [-0.25, -0.2) is 9.78 Å². The van der Waals surface area contributed by atoms with Gasteiger partial charge in [0, 0.05) is 48.4 Å². The van der Waals surface area contributed by atoms with Crippen LogP contribution in [0.5, 0.6) is 0 Å². The number of carboxylic acid groups (broad SMARTS) is 1. The molecule has 0 radical (unpaired) electrons. The molecule has 0 saturated heterocycles. The Morgan fingerprint density at radius 1 is 1.02 bits per heavy atom. The Kier molecular flexibility index (Phi) is 10.6. The number of nitrogens with one attached hydrogen (secondary N) is 5. The van der Waals surface area contributed by atoms with E-state index in [0.29, 0.717) is 25.1 Å². The SMILES string of the molecule is NC(N)=NCCCC(N)C(=O)NCC(=O)NC(Cc1cnc[nH]1)C(=O)NC(Cc1c[nH]c2ccccc12)C(=O)O. The van der Waals surface area contributed by atoms with Crippen molar-refractivity contribution in [2.24, 2.45) is 22.2 Å². The number of imidazole rings is 1. The molecule has 12 N–H and O–H groups in total. The smallest absolute Gasteiger partial charge is 0.326 e. The first-order chi connectivity index (χ1) is 19.1. The number of fused-ring (bicyclic) bond motifs is 1. The maximum atomic E-state index is 13.2. The Bertz CT molecular complexity index is 1330. The average molecular weight is 555 g/mol. The van der Waals surface area contributed by atoms with Crippen molar-refractivity contribution in [3.05, 3.63) is 54.2 Å². The van der Waals surface area contributed by atoms with E-state index in [9.17, 15) is 24.3 Å². The Balaban J connectivity index is 1.60. The summed E-state index contributed by atoms with van der Waals surface area (Å²) in [5, 5.41) is 18.1. The predicted octanol–water partition coefficient (Wildman–Crippen LogP) is -1.77. The molecular weight excluding hydrogens is 520 g/mol. The number of rotatable bonds is 15. The molecule has 3 unspecified atom stereocenters. The van der Waals surface area contributed by atoms with Crippen LogP contribution in [-0.4, -0.2) is 80.9 Å².